The van der Waals surface area contributed by atoms with Gasteiger partial charge in [-0.25, -0.2) is 9.37 Å². The van der Waals surface area contributed by atoms with Crippen LogP contribution >= 0.6 is 0 Å². The monoisotopic (exact) mass is 288 g/mol. The molecule has 1 atom stereocenters. The van der Waals surface area contributed by atoms with Gasteiger partial charge in [0.25, 0.3) is 0 Å². The van der Waals surface area contributed by atoms with Crippen LogP contribution in [0.1, 0.15) is 11.1 Å². The second-order valence-electron chi connectivity index (χ2n) is 5.03. The number of methoxy groups -OCH3 is 1. The molecule has 1 N–H and O–H groups in total. The number of aromatic nitrogens is 1. The number of benzene rings is 1. The van der Waals surface area contributed by atoms with Gasteiger partial charge in [0, 0.05) is 37.3 Å². The molecule has 0 bridgehead atoms. The molecule has 0 fully saturated rings. The molecule has 5 heteroatoms. The van der Waals surface area contributed by atoms with Crippen LogP contribution in [0.2, 0.25) is 0 Å². The molecule has 2 heterocycles. The van der Waals surface area contributed by atoms with E-state index in [-0.39, 0.29) is 11.9 Å². The van der Waals surface area contributed by atoms with Crippen LogP contribution in [0.3, 0.4) is 0 Å². The number of hydrogen-bond acceptors (Lipinski definition) is 4. The lowest BCUT2D eigenvalue weighted by atomic mass is 10.1. The van der Waals surface area contributed by atoms with E-state index < -0.39 is 0 Å². The van der Waals surface area contributed by atoms with Gasteiger partial charge in [0.15, 0.2) is 0 Å². The molecule has 1 aromatic heterocycles. The van der Waals surface area contributed by atoms with Gasteiger partial charge in [-0.05, 0) is 29.8 Å². The SMILES string of the molecule is COc1cc(CNCC2Cc3cc(F)ccc3O2)ccn1. The first kappa shape index (κ1) is 13.8. The van der Waals surface area contributed by atoms with Gasteiger partial charge in [-0.3, -0.25) is 0 Å². The molecule has 1 aromatic carbocycles. The van der Waals surface area contributed by atoms with Crippen molar-refractivity contribution in [2.45, 2.75) is 19.1 Å². The largest absolute Gasteiger partial charge is 0.488 e. The quantitative estimate of drug-likeness (QED) is 0.917. The maximum absolute atomic E-state index is 13.1. The number of halogens is 1. The third kappa shape index (κ3) is 3.31. The minimum Gasteiger partial charge on any atom is -0.488 e. The van der Waals surface area contributed by atoms with Gasteiger partial charge in [-0.15, -0.1) is 0 Å². The molecule has 3 rings (SSSR count). The van der Waals surface area contributed by atoms with Gasteiger partial charge in [0.05, 0.1) is 7.11 Å². The molecule has 2 aromatic rings. The third-order valence-corrected chi connectivity index (χ3v) is 3.47. The Hall–Kier alpha value is -2.14. The molecule has 1 unspecified atom stereocenters. The Morgan fingerprint density at radius 3 is 3.14 bits per heavy atom. The van der Waals surface area contributed by atoms with Crippen LogP contribution in [0.4, 0.5) is 4.39 Å². The number of nitrogens with zero attached hydrogens (tertiary/aromatic N) is 1. The van der Waals surface area contributed by atoms with Crippen LogP contribution < -0.4 is 14.8 Å². The molecular formula is C16H17FN2O2. The van der Waals surface area contributed by atoms with E-state index in [4.69, 9.17) is 9.47 Å². The average Bonchev–Trinajstić information content (AvgIpc) is 2.89. The Balaban J connectivity index is 1.51. The molecule has 0 saturated carbocycles. The lowest BCUT2D eigenvalue weighted by molar-refractivity contribution is 0.227. The van der Waals surface area contributed by atoms with Crippen molar-refractivity contribution in [3.8, 4) is 11.6 Å². The summed E-state index contributed by atoms with van der Waals surface area (Å²) >= 11 is 0. The fourth-order valence-electron chi connectivity index (χ4n) is 2.45. The third-order valence-electron chi connectivity index (χ3n) is 3.47. The number of pyridine rings is 1. The van der Waals surface area contributed by atoms with E-state index in [1.54, 1.807) is 25.4 Å². The number of rotatable bonds is 5. The van der Waals surface area contributed by atoms with Gasteiger partial charge in [0.2, 0.25) is 5.88 Å². The highest BCUT2D eigenvalue weighted by Crippen LogP contribution is 2.28. The molecule has 1 aliphatic heterocycles. The molecule has 110 valence electrons. The first-order chi connectivity index (χ1) is 10.2. The van der Waals surface area contributed by atoms with Crippen LogP contribution in [0.15, 0.2) is 36.5 Å². The Kier molecular flexibility index (Phi) is 4.01. The summed E-state index contributed by atoms with van der Waals surface area (Å²) in [6, 6.07) is 8.50. The molecule has 0 radical (unpaired) electrons. The van der Waals surface area contributed by atoms with E-state index in [1.165, 1.54) is 6.07 Å². The summed E-state index contributed by atoms with van der Waals surface area (Å²) in [6.45, 7) is 1.42. The number of nitrogens with one attached hydrogen (secondary N) is 1. The maximum atomic E-state index is 13.1. The second kappa shape index (κ2) is 6.10. The van der Waals surface area contributed by atoms with Crippen LogP contribution in [-0.4, -0.2) is 24.7 Å². The Bertz CT molecular complexity index is 633. The van der Waals surface area contributed by atoms with Crippen molar-refractivity contribution in [3.63, 3.8) is 0 Å². The van der Waals surface area contributed by atoms with Crippen LogP contribution in [-0.2, 0) is 13.0 Å². The summed E-state index contributed by atoms with van der Waals surface area (Å²) in [7, 11) is 1.60. The molecule has 0 saturated heterocycles. The molecule has 4 nitrogen and oxygen atoms in total. The highest BCUT2D eigenvalue weighted by Gasteiger charge is 2.22. The molecular weight excluding hydrogens is 271 g/mol. The molecule has 0 spiro atoms. The highest BCUT2D eigenvalue weighted by atomic mass is 19.1. The molecule has 1 aliphatic rings. The zero-order valence-corrected chi connectivity index (χ0v) is 11.8. The fourth-order valence-corrected chi connectivity index (χ4v) is 2.45. The first-order valence-corrected chi connectivity index (χ1v) is 6.89. The summed E-state index contributed by atoms with van der Waals surface area (Å²) in [4.78, 5) is 4.07. The summed E-state index contributed by atoms with van der Waals surface area (Å²) < 4.78 is 24.0. The van der Waals surface area contributed by atoms with Crippen molar-refractivity contribution in [2.24, 2.45) is 0 Å². The zero-order valence-electron chi connectivity index (χ0n) is 11.8. The standard InChI is InChI=1S/C16H17FN2O2/c1-20-16-6-11(4-5-19-16)9-18-10-14-8-12-7-13(17)2-3-15(12)21-14/h2-7,14,18H,8-10H2,1H3. The predicted molar refractivity (Wildman–Crippen MR) is 77.0 cm³/mol. The number of fused-ring (bicyclic) bond motifs is 1. The van der Waals surface area contributed by atoms with E-state index in [1.807, 2.05) is 12.1 Å². The highest BCUT2D eigenvalue weighted by molar-refractivity contribution is 5.38. The normalized spacial score (nSPS) is 16.4. The van der Waals surface area contributed by atoms with Gasteiger partial charge >= 0.3 is 0 Å². The van der Waals surface area contributed by atoms with Gasteiger partial charge < -0.3 is 14.8 Å². The van der Waals surface area contributed by atoms with Crippen molar-refractivity contribution >= 4 is 0 Å². The lowest BCUT2D eigenvalue weighted by Gasteiger charge is -2.12. The van der Waals surface area contributed by atoms with E-state index in [0.29, 0.717) is 19.0 Å². The predicted octanol–water partition coefficient (Wildman–Crippen LogP) is 2.32. The second-order valence-corrected chi connectivity index (χ2v) is 5.03. The molecule has 0 amide bonds. The first-order valence-electron chi connectivity index (χ1n) is 6.89. The Morgan fingerprint density at radius 2 is 2.29 bits per heavy atom. The fraction of sp³-hybridized carbons (Fsp3) is 0.312. The Labute approximate surface area is 122 Å². The van der Waals surface area contributed by atoms with Crippen molar-refractivity contribution in [3.05, 3.63) is 53.5 Å². The Morgan fingerprint density at radius 1 is 1.38 bits per heavy atom. The van der Waals surface area contributed by atoms with E-state index in [9.17, 15) is 4.39 Å². The van der Waals surface area contributed by atoms with Crippen molar-refractivity contribution in [1.82, 2.24) is 10.3 Å². The van der Waals surface area contributed by atoms with Crippen molar-refractivity contribution in [1.29, 1.82) is 0 Å². The zero-order chi connectivity index (χ0) is 14.7. The summed E-state index contributed by atoms with van der Waals surface area (Å²) in [6.07, 6.45) is 2.51. The average molecular weight is 288 g/mol. The van der Waals surface area contributed by atoms with E-state index in [2.05, 4.69) is 10.3 Å². The van der Waals surface area contributed by atoms with E-state index in [0.717, 1.165) is 23.3 Å². The minimum atomic E-state index is -0.213. The van der Waals surface area contributed by atoms with Crippen molar-refractivity contribution in [2.75, 3.05) is 13.7 Å². The van der Waals surface area contributed by atoms with Crippen molar-refractivity contribution < 1.29 is 13.9 Å². The maximum Gasteiger partial charge on any atom is 0.213 e. The lowest BCUT2D eigenvalue weighted by Crippen LogP contribution is -2.29. The smallest absolute Gasteiger partial charge is 0.213 e. The molecule has 21 heavy (non-hydrogen) atoms. The van der Waals surface area contributed by atoms with E-state index >= 15 is 0 Å². The topological polar surface area (TPSA) is 43.4 Å². The van der Waals surface area contributed by atoms with Crippen LogP contribution in [0.25, 0.3) is 0 Å². The van der Waals surface area contributed by atoms with Gasteiger partial charge in [-0.2, -0.15) is 0 Å². The summed E-state index contributed by atoms with van der Waals surface area (Å²) in [5, 5.41) is 3.34. The minimum absolute atomic E-state index is 0.0468. The van der Waals surface area contributed by atoms with Gasteiger partial charge in [0.1, 0.15) is 17.7 Å². The summed E-state index contributed by atoms with van der Waals surface area (Å²) in [5.74, 6) is 1.18. The summed E-state index contributed by atoms with van der Waals surface area (Å²) in [5.41, 5.74) is 2.04. The number of ether oxygens (including phenoxy) is 2. The van der Waals surface area contributed by atoms with Gasteiger partial charge in [-0.1, -0.05) is 0 Å². The number of hydrogen-bond donors (Lipinski definition) is 1. The van der Waals surface area contributed by atoms with Crippen LogP contribution in [0.5, 0.6) is 11.6 Å². The van der Waals surface area contributed by atoms with Crippen LogP contribution in [0, 0.1) is 5.82 Å². The molecule has 0 aliphatic carbocycles.